The van der Waals surface area contributed by atoms with Crippen molar-refractivity contribution < 1.29 is 28.2 Å². The third kappa shape index (κ3) is 3.78. The molecule has 0 aromatic heterocycles. The summed E-state index contributed by atoms with van der Waals surface area (Å²) in [4.78, 5) is 21.2. The lowest BCUT2D eigenvalue weighted by Crippen LogP contribution is -2.50. The van der Waals surface area contributed by atoms with Crippen molar-refractivity contribution >= 4 is 22.0 Å². The second-order valence-corrected chi connectivity index (χ2v) is 6.19. The second-order valence-electron chi connectivity index (χ2n) is 4.48. The molecule has 1 aromatic carbocycles. The maximum atomic E-state index is 12.0. The van der Waals surface area contributed by atoms with E-state index in [1.54, 1.807) is 0 Å². The van der Waals surface area contributed by atoms with Crippen LogP contribution in [-0.4, -0.2) is 26.4 Å². The van der Waals surface area contributed by atoms with Gasteiger partial charge in [0.25, 0.3) is 0 Å². The smallest absolute Gasteiger partial charge is 0.241 e. The van der Waals surface area contributed by atoms with E-state index in [1.807, 2.05) is 4.72 Å². The molecule has 1 aromatic rings. The lowest BCUT2D eigenvalue weighted by Gasteiger charge is -2.23. The Morgan fingerprint density at radius 1 is 1.20 bits per heavy atom. The zero-order valence-corrected chi connectivity index (χ0v) is 11.6. The van der Waals surface area contributed by atoms with E-state index in [4.69, 9.17) is 0 Å². The van der Waals surface area contributed by atoms with E-state index in [2.05, 4.69) is 0 Å². The van der Waals surface area contributed by atoms with Gasteiger partial charge in [-0.1, -0.05) is 26.0 Å². The van der Waals surface area contributed by atoms with Crippen LogP contribution in [0.5, 0.6) is 0 Å². The van der Waals surface area contributed by atoms with Gasteiger partial charge < -0.3 is 19.8 Å². The average Bonchev–Trinajstić information content (AvgIpc) is 2.35. The van der Waals surface area contributed by atoms with Gasteiger partial charge in [0, 0.05) is 0 Å². The van der Waals surface area contributed by atoms with Crippen LogP contribution < -0.4 is 14.9 Å². The highest BCUT2D eigenvalue weighted by molar-refractivity contribution is 7.89. The van der Waals surface area contributed by atoms with Crippen molar-refractivity contribution in [2.75, 3.05) is 0 Å². The number of carbonyl (C=O) groups is 2. The molecule has 0 fully saturated rings. The standard InChI is InChI=1S/C12H15NO6S/c1-7(2)10(12(16)17)13-20(18,19)9-5-3-4-8(6-9)11(14)15/h3-7,10,13H,1-2H3,(H,14,15)(H,16,17)/p-2. The SMILES string of the molecule is CC(C)C(NS(=O)(=O)c1cccc(C(=O)[O-])c1)C(=O)[O-]. The molecule has 0 saturated heterocycles. The molecular formula is C12H13NO6S-2. The normalized spacial score (nSPS) is 13.2. The maximum absolute atomic E-state index is 12.0. The van der Waals surface area contributed by atoms with E-state index in [9.17, 15) is 28.2 Å². The van der Waals surface area contributed by atoms with Crippen LogP contribution in [0, 0.1) is 5.92 Å². The Morgan fingerprint density at radius 2 is 1.80 bits per heavy atom. The van der Waals surface area contributed by atoms with Gasteiger partial charge in [0.2, 0.25) is 10.0 Å². The van der Waals surface area contributed by atoms with Crippen molar-refractivity contribution in [1.82, 2.24) is 4.72 Å². The molecule has 1 N–H and O–H groups in total. The summed E-state index contributed by atoms with van der Waals surface area (Å²) in [6, 6.07) is 3.04. The van der Waals surface area contributed by atoms with Crippen LogP contribution >= 0.6 is 0 Å². The van der Waals surface area contributed by atoms with Gasteiger partial charge in [-0.15, -0.1) is 0 Å². The number of benzene rings is 1. The van der Waals surface area contributed by atoms with Crippen molar-refractivity contribution in [1.29, 1.82) is 0 Å². The fourth-order valence-electron chi connectivity index (χ4n) is 1.48. The van der Waals surface area contributed by atoms with Crippen LogP contribution in [0.2, 0.25) is 0 Å². The minimum absolute atomic E-state index is 0.317. The number of rotatable bonds is 6. The van der Waals surface area contributed by atoms with Gasteiger partial charge in [0.15, 0.2) is 0 Å². The minimum atomic E-state index is -4.17. The Hall–Kier alpha value is -1.93. The van der Waals surface area contributed by atoms with Crippen LogP contribution in [0.15, 0.2) is 29.2 Å². The summed E-state index contributed by atoms with van der Waals surface area (Å²) in [7, 11) is -4.17. The number of carboxylic acids is 2. The molecular weight excluding hydrogens is 286 g/mol. The van der Waals surface area contributed by atoms with Crippen LogP contribution in [0.25, 0.3) is 0 Å². The number of carbonyl (C=O) groups excluding carboxylic acids is 2. The number of hydrogen-bond donors (Lipinski definition) is 1. The molecule has 110 valence electrons. The third-order valence-electron chi connectivity index (χ3n) is 2.58. The van der Waals surface area contributed by atoms with Crippen LogP contribution in [-0.2, 0) is 14.8 Å². The van der Waals surface area contributed by atoms with Gasteiger partial charge in [-0.25, -0.2) is 13.1 Å². The quantitative estimate of drug-likeness (QED) is 0.654. The van der Waals surface area contributed by atoms with Crippen molar-refractivity contribution in [3.63, 3.8) is 0 Å². The van der Waals surface area contributed by atoms with Crippen LogP contribution in [0.3, 0.4) is 0 Å². The summed E-state index contributed by atoms with van der Waals surface area (Å²) in [5.74, 6) is -3.61. The van der Waals surface area contributed by atoms with Crippen molar-refractivity contribution in [3.8, 4) is 0 Å². The van der Waals surface area contributed by atoms with Gasteiger partial charge in [-0.3, -0.25) is 0 Å². The minimum Gasteiger partial charge on any atom is -0.548 e. The van der Waals surface area contributed by atoms with E-state index in [-0.39, 0.29) is 10.5 Å². The van der Waals surface area contributed by atoms with Gasteiger partial charge in [0.05, 0.1) is 22.9 Å². The molecule has 0 heterocycles. The molecule has 0 saturated carbocycles. The molecule has 0 bridgehead atoms. The zero-order valence-electron chi connectivity index (χ0n) is 10.8. The predicted octanol–water partition coefficient (Wildman–Crippen LogP) is -1.90. The molecule has 0 radical (unpaired) electrons. The average molecular weight is 299 g/mol. The number of aliphatic carboxylic acids is 1. The molecule has 0 spiro atoms. The highest BCUT2D eigenvalue weighted by Gasteiger charge is 2.23. The Morgan fingerprint density at radius 3 is 2.25 bits per heavy atom. The summed E-state index contributed by atoms with van der Waals surface area (Å²) < 4.78 is 26.0. The van der Waals surface area contributed by atoms with Crippen molar-refractivity contribution in [3.05, 3.63) is 29.8 Å². The molecule has 0 aliphatic heterocycles. The first kappa shape index (κ1) is 16.1. The number of aromatic carboxylic acids is 1. The molecule has 8 heteroatoms. The summed E-state index contributed by atoms with van der Waals surface area (Å²) in [5, 5.41) is 21.6. The summed E-state index contributed by atoms with van der Waals surface area (Å²) in [5.41, 5.74) is -0.317. The second kappa shape index (κ2) is 6.02. The number of nitrogens with one attached hydrogen (secondary N) is 1. The van der Waals surface area contributed by atoms with E-state index < -0.39 is 33.9 Å². The van der Waals surface area contributed by atoms with Gasteiger partial charge in [-0.2, -0.15) is 0 Å². The van der Waals surface area contributed by atoms with Crippen LogP contribution in [0.1, 0.15) is 24.2 Å². The number of sulfonamides is 1. The van der Waals surface area contributed by atoms with Gasteiger partial charge >= 0.3 is 0 Å². The molecule has 1 rings (SSSR count). The summed E-state index contributed by atoms with van der Waals surface area (Å²) in [6.07, 6.45) is 0. The molecule has 0 aliphatic rings. The van der Waals surface area contributed by atoms with Crippen molar-refractivity contribution in [2.24, 2.45) is 5.92 Å². The monoisotopic (exact) mass is 299 g/mol. The largest absolute Gasteiger partial charge is 0.548 e. The van der Waals surface area contributed by atoms with E-state index in [1.165, 1.54) is 26.0 Å². The number of hydrogen-bond acceptors (Lipinski definition) is 6. The molecule has 0 aliphatic carbocycles. The van der Waals surface area contributed by atoms with Gasteiger partial charge in [-0.05, 0) is 23.6 Å². The molecule has 1 unspecified atom stereocenters. The third-order valence-corrected chi connectivity index (χ3v) is 4.02. The maximum Gasteiger partial charge on any atom is 0.241 e. The van der Waals surface area contributed by atoms with Crippen molar-refractivity contribution in [2.45, 2.75) is 24.8 Å². The first-order valence-electron chi connectivity index (χ1n) is 5.69. The fourth-order valence-corrected chi connectivity index (χ4v) is 2.86. The first-order valence-corrected chi connectivity index (χ1v) is 7.18. The van der Waals surface area contributed by atoms with E-state index in [0.29, 0.717) is 0 Å². The Kier molecular flexibility index (Phi) is 4.85. The first-order chi connectivity index (χ1) is 9.15. The Balaban J connectivity index is 3.14. The molecule has 1 atom stereocenters. The lowest BCUT2D eigenvalue weighted by molar-refractivity contribution is -0.309. The Bertz CT molecular complexity index is 623. The fraction of sp³-hybridized carbons (Fsp3) is 0.333. The summed E-state index contributed by atoms with van der Waals surface area (Å²) >= 11 is 0. The molecule has 7 nitrogen and oxygen atoms in total. The highest BCUT2D eigenvalue weighted by atomic mass is 32.2. The molecule has 0 amide bonds. The zero-order chi connectivity index (χ0) is 15.5. The highest BCUT2D eigenvalue weighted by Crippen LogP contribution is 2.13. The van der Waals surface area contributed by atoms with Gasteiger partial charge in [0.1, 0.15) is 0 Å². The number of carboxylic acid groups (broad SMARTS) is 2. The lowest BCUT2D eigenvalue weighted by atomic mass is 10.1. The predicted molar refractivity (Wildman–Crippen MR) is 64.7 cm³/mol. The Labute approximate surface area is 116 Å². The summed E-state index contributed by atoms with van der Waals surface area (Å²) in [6.45, 7) is 3.03. The molecule has 20 heavy (non-hydrogen) atoms. The topological polar surface area (TPSA) is 126 Å². The van der Waals surface area contributed by atoms with E-state index in [0.717, 1.165) is 12.1 Å². The van der Waals surface area contributed by atoms with E-state index >= 15 is 0 Å². The van der Waals surface area contributed by atoms with Crippen LogP contribution in [0.4, 0.5) is 0 Å².